The number of ether oxygens (including phenoxy) is 2. The average molecular weight is 561 g/mol. The van der Waals surface area contributed by atoms with E-state index in [2.05, 4.69) is 76.6 Å². The maximum absolute atomic E-state index is 9.55. The molecule has 1 rings (SSSR count). The van der Waals surface area contributed by atoms with Gasteiger partial charge in [0.05, 0.1) is 6.61 Å². The fourth-order valence-electron chi connectivity index (χ4n) is 4.42. The Kier molecular flexibility index (Phi) is 17.6. The summed E-state index contributed by atoms with van der Waals surface area (Å²) < 4.78 is 18.0. The molecule has 1 aliphatic heterocycles. The van der Waals surface area contributed by atoms with Gasteiger partial charge in [-0.15, -0.1) is 0 Å². The van der Waals surface area contributed by atoms with Crippen LogP contribution in [0.2, 0.25) is 18.1 Å². The molecule has 1 saturated heterocycles. The first-order chi connectivity index (χ1) is 18.4. The SMILES string of the molecule is CCCCCCCCCCCCCCC/C=C\[C@@H](C#CC#C[C@@H]1OC(C)(C)O[C@H]1CO)O[Si](C)(C)C(C)(C)C. The zero-order valence-electron chi connectivity index (χ0n) is 26.7. The number of hydrogen-bond donors (Lipinski definition) is 1. The zero-order valence-corrected chi connectivity index (χ0v) is 27.7. The fraction of sp³-hybridized carbons (Fsp3) is 0.824. The van der Waals surface area contributed by atoms with Gasteiger partial charge in [-0.25, -0.2) is 0 Å². The summed E-state index contributed by atoms with van der Waals surface area (Å²) in [6, 6.07) is 0. The van der Waals surface area contributed by atoms with Crippen LogP contribution in [0.15, 0.2) is 12.2 Å². The molecule has 4 nitrogen and oxygen atoms in total. The molecule has 224 valence electrons. The van der Waals surface area contributed by atoms with E-state index in [1.165, 1.54) is 83.5 Å². The van der Waals surface area contributed by atoms with Gasteiger partial charge in [-0.3, -0.25) is 0 Å². The molecule has 0 bridgehead atoms. The largest absolute Gasteiger partial charge is 0.400 e. The highest BCUT2D eigenvalue weighted by Crippen LogP contribution is 2.37. The number of hydrogen-bond acceptors (Lipinski definition) is 4. The van der Waals surface area contributed by atoms with Crippen molar-refractivity contribution in [3.05, 3.63) is 12.2 Å². The van der Waals surface area contributed by atoms with Crippen LogP contribution < -0.4 is 0 Å². The third kappa shape index (κ3) is 16.1. The van der Waals surface area contributed by atoms with Crippen LogP contribution in [0.25, 0.3) is 0 Å². The maximum atomic E-state index is 9.55. The van der Waals surface area contributed by atoms with Gasteiger partial charge >= 0.3 is 0 Å². The van der Waals surface area contributed by atoms with Crippen molar-refractivity contribution in [2.24, 2.45) is 0 Å². The van der Waals surface area contributed by atoms with Gasteiger partial charge in [0, 0.05) is 0 Å². The van der Waals surface area contributed by atoms with Crippen LogP contribution in [0.4, 0.5) is 0 Å². The zero-order chi connectivity index (χ0) is 29.2. The second-order valence-electron chi connectivity index (χ2n) is 13.1. The number of unbranched alkanes of at least 4 members (excludes halogenated alkanes) is 13. The Balaban J connectivity index is 2.46. The van der Waals surface area contributed by atoms with E-state index in [0.29, 0.717) is 0 Å². The first-order valence-corrected chi connectivity index (χ1v) is 18.6. The highest BCUT2D eigenvalue weighted by molar-refractivity contribution is 6.74. The van der Waals surface area contributed by atoms with Crippen LogP contribution in [0.3, 0.4) is 0 Å². The summed E-state index contributed by atoms with van der Waals surface area (Å²) in [4.78, 5) is 0. The first-order valence-electron chi connectivity index (χ1n) is 15.7. The van der Waals surface area contributed by atoms with Crippen molar-refractivity contribution < 1.29 is 19.0 Å². The van der Waals surface area contributed by atoms with Crippen molar-refractivity contribution >= 4 is 8.32 Å². The van der Waals surface area contributed by atoms with Gasteiger partial charge in [0.25, 0.3) is 0 Å². The van der Waals surface area contributed by atoms with E-state index in [9.17, 15) is 5.11 Å². The molecular formula is C34H60O4Si. The molecule has 0 radical (unpaired) electrons. The fourth-order valence-corrected chi connectivity index (χ4v) is 5.54. The molecule has 0 unspecified atom stereocenters. The van der Waals surface area contributed by atoms with Gasteiger partial charge in [0.1, 0.15) is 12.2 Å². The Morgan fingerprint density at radius 2 is 1.41 bits per heavy atom. The minimum Gasteiger partial charge on any atom is -0.400 e. The van der Waals surface area contributed by atoms with Crippen LogP contribution in [0.5, 0.6) is 0 Å². The Bertz CT molecular complexity index is 803. The van der Waals surface area contributed by atoms with Crippen LogP contribution in [0, 0.1) is 23.7 Å². The van der Waals surface area contributed by atoms with Crippen molar-refractivity contribution in [1.82, 2.24) is 0 Å². The number of rotatable bonds is 18. The molecule has 5 heteroatoms. The van der Waals surface area contributed by atoms with Gasteiger partial charge in [-0.1, -0.05) is 123 Å². The number of aliphatic hydroxyl groups is 1. The smallest absolute Gasteiger partial charge is 0.194 e. The van der Waals surface area contributed by atoms with Crippen LogP contribution in [-0.2, 0) is 13.9 Å². The molecule has 1 N–H and O–H groups in total. The molecule has 0 saturated carbocycles. The van der Waals surface area contributed by atoms with Gasteiger partial charge < -0.3 is 19.0 Å². The molecule has 0 aromatic carbocycles. The lowest BCUT2D eigenvalue weighted by atomic mass is 10.0. The van der Waals surface area contributed by atoms with E-state index < -0.39 is 26.3 Å². The molecular weight excluding hydrogens is 500 g/mol. The Hall–Kier alpha value is -1.08. The van der Waals surface area contributed by atoms with Crippen LogP contribution in [0.1, 0.15) is 131 Å². The lowest BCUT2D eigenvalue weighted by molar-refractivity contribution is -0.145. The topological polar surface area (TPSA) is 47.9 Å². The van der Waals surface area contributed by atoms with Gasteiger partial charge in [-0.05, 0) is 62.7 Å². The van der Waals surface area contributed by atoms with E-state index in [4.69, 9.17) is 13.9 Å². The Labute approximate surface area is 243 Å². The summed E-state index contributed by atoms with van der Waals surface area (Å²) in [5.74, 6) is 11.4. The summed E-state index contributed by atoms with van der Waals surface area (Å²) >= 11 is 0. The van der Waals surface area contributed by atoms with E-state index in [1.54, 1.807) is 0 Å². The lowest BCUT2D eigenvalue weighted by Gasteiger charge is -2.37. The van der Waals surface area contributed by atoms with Gasteiger partial charge in [0.15, 0.2) is 20.2 Å². The van der Waals surface area contributed by atoms with E-state index in [1.807, 2.05) is 13.8 Å². The van der Waals surface area contributed by atoms with Crippen molar-refractivity contribution in [1.29, 1.82) is 0 Å². The van der Waals surface area contributed by atoms with Crippen molar-refractivity contribution in [2.45, 2.75) is 174 Å². The second kappa shape index (κ2) is 19.1. The summed E-state index contributed by atoms with van der Waals surface area (Å²) in [6.07, 6.45) is 22.0. The summed E-state index contributed by atoms with van der Waals surface area (Å²) in [5, 5.41) is 9.65. The van der Waals surface area contributed by atoms with E-state index in [0.717, 1.165) is 6.42 Å². The Morgan fingerprint density at radius 1 is 0.872 bits per heavy atom. The molecule has 0 aromatic rings. The van der Waals surface area contributed by atoms with Gasteiger partial charge in [0.2, 0.25) is 0 Å². The summed E-state index contributed by atoms with van der Waals surface area (Å²) in [5.41, 5.74) is 0. The lowest BCUT2D eigenvalue weighted by Crippen LogP contribution is -2.43. The van der Waals surface area contributed by atoms with E-state index in [-0.39, 0.29) is 17.7 Å². The minimum atomic E-state index is -1.98. The molecule has 0 amide bonds. The van der Waals surface area contributed by atoms with Gasteiger partial charge in [-0.2, -0.15) is 0 Å². The van der Waals surface area contributed by atoms with Crippen LogP contribution in [-0.4, -0.2) is 44.1 Å². The monoisotopic (exact) mass is 560 g/mol. The number of allylic oxidation sites excluding steroid dienone is 1. The first kappa shape index (κ1) is 35.9. The van der Waals surface area contributed by atoms with E-state index >= 15 is 0 Å². The quantitative estimate of drug-likeness (QED) is 0.0787. The molecule has 1 heterocycles. The van der Waals surface area contributed by atoms with Crippen LogP contribution >= 0.6 is 0 Å². The summed E-state index contributed by atoms with van der Waals surface area (Å²) in [7, 11) is -1.98. The predicted octanol–water partition coefficient (Wildman–Crippen LogP) is 8.93. The molecule has 0 aliphatic carbocycles. The van der Waals surface area contributed by atoms with Crippen molar-refractivity contribution in [3.8, 4) is 23.7 Å². The molecule has 3 atom stereocenters. The molecule has 0 spiro atoms. The second-order valence-corrected chi connectivity index (χ2v) is 17.8. The third-order valence-electron chi connectivity index (χ3n) is 7.87. The highest BCUT2D eigenvalue weighted by Gasteiger charge is 2.40. The van der Waals surface area contributed by atoms with Crippen molar-refractivity contribution in [3.63, 3.8) is 0 Å². The molecule has 1 fully saturated rings. The molecule has 1 aliphatic rings. The molecule has 0 aromatic heterocycles. The molecule has 39 heavy (non-hydrogen) atoms. The number of aliphatic hydroxyl groups excluding tert-OH is 1. The highest BCUT2D eigenvalue weighted by atomic mass is 28.4. The van der Waals surface area contributed by atoms with Crippen molar-refractivity contribution in [2.75, 3.05) is 6.61 Å². The Morgan fingerprint density at radius 3 is 1.92 bits per heavy atom. The predicted molar refractivity (Wildman–Crippen MR) is 168 cm³/mol. The normalized spacial score (nSPS) is 19.9. The maximum Gasteiger partial charge on any atom is 0.194 e. The standard InChI is InChI=1S/C34H60O4Si/c1-9-10-11-12-13-14-15-16-17-18-19-20-21-22-23-26-30(38-39(7,8)33(2,3)4)27-24-25-28-31-32(29-35)37-34(5,6)36-31/h23,26,30-32,35H,9-22,29H2,1-8H3/b26-23-/t30-,31-,32-/m0/s1. The third-order valence-corrected chi connectivity index (χ3v) is 12.3. The minimum absolute atomic E-state index is 0.108. The summed E-state index contributed by atoms with van der Waals surface area (Å²) in [6.45, 7) is 17.1. The average Bonchev–Trinajstić information content (AvgIpc) is 3.16.